The topological polar surface area (TPSA) is 55.0 Å². The van der Waals surface area contributed by atoms with Gasteiger partial charge < -0.3 is 13.4 Å². The van der Waals surface area contributed by atoms with E-state index in [1.165, 1.54) is 21.5 Å². The maximum Gasteiger partial charge on any atom is 0.270 e. The number of rotatable bonds is 1. The molecule has 3 heterocycles. The summed E-state index contributed by atoms with van der Waals surface area (Å²) in [7, 11) is -1.45. The fourth-order valence-electron chi connectivity index (χ4n) is 4.99. The first kappa shape index (κ1) is 19.5. The van der Waals surface area contributed by atoms with Crippen LogP contribution in [0.4, 0.5) is 0 Å². The van der Waals surface area contributed by atoms with E-state index in [4.69, 9.17) is 8.39 Å². The molecular formula is C29H21N2O2P. The number of hydrogen-bond acceptors (Lipinski definition) is 3. The number of aryl methyl sites for hydroxylation is 2. The smallest absolute Gasteiger partial charge is 0.270 e. The molecule has 34 heavy (non-hydrogen) atoms. The zero-order valence-corrected chi connectivity index (χ0v) is 19.7. The lowest BCUT2D eigenvalue weighted by Gasteiger charge is -2.08. The number of benzene rings is 4. The van der Waals surface area contributed by atoms with Gasteiger partial charge in [0.05, 0.1) is 0 Å². The molecule has 0 saturated carbocycles. The molecule has 4 nitrogen and oxygen atoms in total. The zero-order valence-electron chi connectivity index (χ0n) is 18.8. The quantitative estimate of drug-likeness (QED) is 0.266. The van der Waals surface area contributed by atoms with Crippen LogP contribution in [0.15, 0.2) is 93.5 Å². The number of nitrogens with zero attached hydrogens (tertiary/aromatic N) is 1. The van der Waals surface area contributed by atoms with Crippen LogP contribution in [0.5, 0.6) is 0 Å². The first-order chi connectivity index (χ1) is 16.7. The number of aromatic amines is 1. The van der Waals surface area contributed by atoms with Crippen LogP contribution in [0.1, 0.15) is 11.1 Å². The molecule has 0 aliphatic rings. The second kappa shape index (κ2) is 7.24. The van der Waals surface area contributed by atoms with Gasteiger partial charge in [0.1, 0.15) is 22.2 Å². The number of H-pyrrole nitrogens is 1. The molecule has 4 aromatic carbocycles. The minimum atomic E-state index is -1.45. The molecule has 3 aromatic heterocycles. The molecule has 0 aliphatic heterocycles. The molecule has 0 radical (unpaired) electrons. The van der Waals surface area contributed by atoms with Gasteiger partial charge in [0.2, 0.25) is 0 Å². The van der Waals surface area contributed by atoms with Crippen LogP contribution in [-0.4, -0.2) is 9.97 Å². The predicted octanol–water partition coefficient (Wildman–Crippen LogP) is 9.08. The second-order valence-corrected chi connectivity index (χ2v) is 10.1. The Morgan fingerprint density at radius 1 is 0.676 bits per heavy atom. The molecule has 0 saturated heterocycles. The van der Waals surface area contributed by atoms with Crippen molar-refractivity contribution in [2.45, 2.75) is 13.8 Å². The molecule has 0 fully saturated rings. The van der Waals surface area contributed by atoms with Gasteiger partial charge in [0, 0.05) is 22.4 Å². The summed E-state index contributed by atoms with van der Waals surface area (Å²) in [6.07, 6.45) is 1.79. The van der Waals surface area contributed by atoms with Gasteiger partial charge in [-0.05, 0) is 76.9 Å². The Bertz CT molecular complexity index is 1810. The Morgan fingerprint density at radius 2 is 1.24 bits per heavy atom. The summed E-state index contributed by atoms with van der Waals surface area (Å²) in [6.45, 7) is 4.24. The first-order valence-electron chi connectivity index (χ1n) is 11.3. The van der Waals surface area contributed by atoms with Crippen LogP contribution < -0.4 is 0 Å². The van der Waals surface area contributed by atoms with Crippen molar-refractivity contribution in [3.8, 4) is 5.44 Å². The van der Waals surface area contributed by atoms with Crippen LogP contribution in [0.2, 0.25) is 0 Å². The molecule has 0 bridgehead atoms. The summed E-state index contributed by atoms with van der Waals surface area (Å²) in [6, 6.07) is 27.5. The summed E-state index contributed by atoms with van der Waals surface area (Å²) >= 11 is 0. The predicted molar refractivity (Wildman–Crippen MR) is 142 cm³/mol. The van der Waals surface area contributed by atoms with Crippen molar-refractivity contribution in [1.82, 2.24) is 9.97 Å². The summed E-state index contributed by atoms with van der Waals surface area (Å²) < 4.78 is 13.6. The van der Waals surface area contributed by atoms with Gasteiger partial charge >= 0.3 is 0 Å². The van der Waals surface area contributed by atoms with Gasteiger partial charge in [-0.3, -0.25) is 0 Å². The fourth-order valence-corrected chi connectivity index (χ4v) is 6.47. The van der Waals surface area contributed by atoms with E-state index in [0.29, 0.717) is 0 Å². The SMILES string of the molecule is Cc1cc2ccccc2c2c1op(-c1cc3cccnc3[nH]1)oc1c(C)cc3ccccc3c12. The second-order valence-electron chi connectivity index (χ2n) is 8.77. The van der Waals surface area contributed by atoms with E-state index in [0.717, 1.165) is 49.5 Å². The van der Waals surface area contributed by atoms with Crippen molar-refractivity contribution >= 4 is 62.5 Å². The highest BCUT2D eigenvalue weighted by Crippen LogP contribution is 2.47. The van der Waals surface area contributed by atoms with E-state index in [9.17, 15) is 0 Å². The van der Waals surface area contributed by atoms with Crippen molar-refractivity contribution < 1.29 is 8.39 Å². The van der Waals surface area contributed by atoms with Gasteiger partial charge in [-0.25, -0.2) is 4.98 Å². The minimum absolute atomic E-state index is 0.836. The number of aromatic nitrogens is 2. The molecule has 1 N–H and O–H groups in total. The van der Waals surface area contributed by atoms with Crippen molar-refractivity contribution in [2.75, 3.05) is 0 Å². The van der Waals surface area contributed by atoms with Crippen molar-refractivity contribution in [3.63, 3.8) is 0 Å². The Kier molecular flexibility index (Phi) is 4.15. The zero-order chi connectivity index (χ0) is 22.8. The van der Waals surface area contributed by atoms with E-state index >= 15 is 0 Å². The molecule has 0 aliphatic carbocycles. The van der Waals surface area contributed by atoms with Crippen LogP contribution in [0.25, 0.3) is 60.0 Å². The van der Waals surface area contributed by atoms with Crippen LogP contribution in [0, 0.1) is 13.8 Å². The number of hydrogen-bond donors (Lipinski definition) is 1. The highest BCUT2D eigenvalue weighted by molar-refractivity contribution is 7.45. The summed E-state index contributed by atoms with van der Waals surface area (Å²) in [4.78, 5) is 7.91. The monoisotopic (exact) mass is 460 g/mol. The molecule has 7 aromatic rings. The highest BCUT2D eigenvalue weighted by atomic mass is 31.1. The molecule has 7 rings (SSSR count). The minimum Gasteiger partial charge on any atom is -0.414 e. The average molecular weight is 460 g/mol. The maximum absolute atomic E-state index is 6.78. The Morgan fingerprint density at radius 3 is 1.82 bits per heavy atom. The summed E-state index contributed by atoms with van der Waals surface area (Å²) in [5.41, 5.74) is 5.69. The molecule has 0 atom stereocenters. The van der Waals surface area contributed by atoms with Gasteiger partial charge in [0.15, 0.2) is 0 Å². The van der Waals surface area contributed by atoms with E-state index in [2.05, 4.69) is 96.6 Å². The molecule has 0 unspecified atom stereocenters. The largest absolute Gasteiger partial charge is 0.414 e. The van der Waals surface area contributed by atoms with Crippen molar-refractivity contribution in [1.29, 1.82) is 0 Å². The number of fused-ring (bicyclic) bond motifs is 8. The van der Waals surface area contributed by atoms with Crippen LogP contribution in [-0.2, 0) is 0 Å². The molecule has 5 heteroatoms. The maximum atomic E-state index is 6.78. The third kappa shape index (κ3) is 2.82. The average Bonchev–Trinajstić information content (AvgIpc) is 3.19. The lowest BCUT2D eigenvalue weighted by molar-refractivity contribution is 0.647. The third-order valence-corrected chi connectivity index (χ3v) is 7.88. The lowest BCUT2D eigenvalue weighted by Crippen LogP contribution is -1.85. The normalized spacial score (nSPS) is 11.8. The van der Waals surface area contributed by atoms with Gasteiger partial charge in [-0.15, -0.1) is 0 Å². The Balaban J connectivity index is 1.78. The highest BCUT2D eigenvalue weighted by Gasteiger charge is 2.18. The van der Waals surface area contributed by atoms with Crippen LogP contribution in [0.3, 0.4) is 0 Å². The standard InChI is InChI=1S/C29H21N2O2P/c1-17-14-19-8-3-5-11-22(19)25-26-23-12-6-4-9-20(23)15-18(2)28(26)33-34(32-27(17)25)24-16-21-10-7-13-30-29(21)31-24/h3-16H,1-2H3,(H,30,31). The molecule has 164 valence electrons. The van der Waals surface area contributed by atoms with E-state index < -0.39 is 8.01 Å². The Labute approximate surface area is 196 Å². The summed E-state index contributed by atoms with van der Waals surface area (Å²) in [5.74, 6) is 0. The lowest BCUT2D eigenvalue weighted by atomic mass is 9.95. The fraction of sp³-hybridized carbons (Fsp3) is 0.0690. The molecule has 0 amide bonds. The van der Waals surface area contributed by atoms with Crippen molar-refractivity contribution in [3.05, 3.63) is 96.2 Å². The van der Waals surface area contributed by atoms with E-state index in [-0.39, 0.29) is 0 Å². The van der Waals surface area contributed by atoms with Gasteiger partial charge in [0.25, 0.3) is 8.01 Å². The summed E-state index contributed by atoms with van der Waals surface area (Å²) in [5, 5.41) is 7.97. The van der Waals surface area contributed by atoms with Crippen LogP contribution >= 0.6 is 8.01 Å². The van der Waals surface area contributed by atoms with E-state index in [1.54, 1.807) is 6.20 Å². The number of nitrogens with one attached hydrogen (secondary N) is 1. The number of pyridine rings is 1. The van der Waals surface area contributed by atoms with Crippen molar-refractivity contribution in [2.24, 2.45) is 0 Å². The van der Waals surface area contributed by atoms with E-state index in [1.807, 2.05) is 6.07 Å². The third-order valence-electron chi connectivity index (χ3n) is 6.55. The molecular weight excluding hydrogens is 439 g/mol. The molecule has 0 spiro atoms. The first-order valence-corrected chi connectivity index (χ1v) is 12.5. The van der Waals surface area contributed by atoms with Gasteiger partial charge in [-0.1, -0.05) is 48.5 Å². The Hall–Kier alpha value is -4.01. The van der Waals surface area contributed by atoms with Gasteiger partial charge in [-0.2, -0.15) is 0 Å².